The smallest absolute Gasteiger partial charge is 0.258 e. The van der Waals surface area contributed by atoms with Gasteiger partial charge < -0.3 is 4.90 Å². The molecule has 4 heterocycles. The van der Waals surface area contributed by atoms with Crippen LogP contribution in [0, 0.1) is 12.3 Å². The molecule has 4 rings (SSSR count). The predicted molar refractivity (Wildman–Crippen MR) is 105 cm³/mol. The number of carbonyl (C=O) groups is 1. The van der Waals surface area contributed by atoms with Gasteiger partial charge in [-0.3, -0.25) is 18.9 Å². The van der Waals surface area contributed by atoms with Crippen LogP contribution >= 0.6 is 0 Å². The van der Waals surface area contributed by atoms with Crippen molar-refractivity contribution in [3.63, 3.8) is 0 Å². The van der Waals surface area contributed by atoms with E-state index in [-0.39, 0.29) is 17.0 Å². The van der Waals surface area contributed by atoms with Gasteiger partial charge in [0.2, 0.25) is 5.91 Å². The SMILES string of the molecule is Cc1ccc2nc(CN3CC[C@@]4(CCCN(C(C)C)C4=O)C3)cc(=O)n2c1. The third kappa shape index (κ3) is 3.27. The number of piperidine rings is 1. The Hall–Kier alpha value is -2.21. The molecule has 0 unspecified atom stereocenters. The van der Waals surface area contributed by atoms with Gasteiger partial charge in [0.15, 0.2) is 0 Å². The lowest BCUT2D eigenvalue weighted by atomic mass is 9.78. The van der Waals surface area contributed by atoms with Gasteiger partial charge in [-0.2, -0.15) is 0 Å². The van der Waals surface area contributed by atoms with Gasteiger partial charge in [0.1, 0.15) is 5.65 Å². The molecule has 1 atom stereocenters. The van der Waals surface area contributed by atoms with E-state index in [9.17, 15) is 9.59 Å². The summed E-state index contributed by atoms with van der Waals surface area (Å²) in [6, 6.07) is 5.74. The highest BCUT2D eigenvalue weighted by molar-refractivity contribution is 5.84. The summed E-state index contributed by atoms with van der Waals surface area (Å²) >= 11 is 0. The molecular weight excluding hydrogens is 340 g/mol. The second-order valence-corrected chi connectivity index (χ2v) is 8.46. The molecule has 0 saturated carbocycles. The van der Waals surface area contributed by atoms with E-state index in [0.717, 1.165) is 50.2 Å². The minimum absolute atomic E-state index is 0.0488. The van der Waals surface area contributed by atoms with Crippen molar-refractivity contribution in [3.05, 3.63) is 46.0 Å². The largest absolute Gasteiger partial charge is 0.340 e. The summed E-state index contributed by atoms with van der Waals surface area (Å²) in [6.07, 6.45) is 4.77. The average Bonchev–Trinajstić information content (AvgIpc) is 3.01. The van der Waals surface area contributed by atoms with Crippen LogP contribution in [0.3, 0.4) is 0 Å². The van der Waals surface area contributed by atoms with Gasteiger partial charge in [-0.25, -0.2) is 4.98 Å². The second-order valence-electron chi connectivity index (χ2n) is 8.46. The maximum absolute atomic E-state index is 13.1. The Bertz CT molecular complexity index is 935. The zero-order chi connectivity index (χ0) is 19.2. The van der Waals surface area contributed by atoms with E-state index in [1.54, 1.807) is 10.5 Å². The molecule has 144 valence electrons. The normalized spacial score (nSPS) is 23.9. The zero-order valence-corrected chi connectivity index (χ0v) is 16.4. The van der Waals surface area contributed by atoms with Gasteiger partial charge in [0.25, 0.3) is 5.56 Å². The molecule has 2 aliphatic heterocycles. The van der Waals surface area contributed by atoms with Crippen molar-refractivity contribution < 1.29 is 4.79 Å². The Kier molecular flexibility index (Phi) is 4.54. The van der Waals surface area contributed by atoms with Crippen LogP contribution in [-0.4, -0.2) is 50.8 Å². The highest BCUT2D eigenvalue weighted by Crippen LogP contribution is 2.40. The Labute approximate surface area is 159 Å². The maximum atomic E-state index is 13.1. The summed E-state index contributed by atoms with van der Waals surface area (Å²) in [4.78, 5) is 34.5. The standard InChI is InChI=1S/C21H28N4O2/c1-15(2)24-9-4-7-21(20(24)27)8-10-23(14-21)13-17-11-19(26)25-12-16(3)5-6-18(25)22-17/h5-6,11-12,15H,4,7-10,13-14H2,1-3H3/t21-/m0/s1. The van der Waals surface area contributed by atoms with E-state index >= 15 is 0 Å². The molecule has 1 spiro atoms. The van der Waals surface area contributed by atoms with Crippen molar-refractivity contribution in [1.82, 2.24) is 19.2 Å². The van der Waals surface area contributed by atoms with Crippen LogP contribution in [0.25, 0.3) is 5.65 Å². The number of amides is 1. The highest BCUT2D eigenvalue weighted by atomic mass is 16.2. The fourth-order valence-corrected chi connectivity index (χ4v) is 4.63. The monoisotopic (exact) mass is 368 g/mol. The van der Waals surface area contributed by atoms with Crippen LogP contribution < -0.4 is 5.56 Å². The molecule has 2 fully saturated rings. The Morgan fingerprint density at radius 1 is 1.19 bits per heavy atom. The molecule has 2 aliphatic rings. The van der Waals surface area contributed by atoms with Gasteiger partial charge in [-0.15, -0.1) is 0 Å². The van der Waals surface area contributed by atoms with Crippen molar-refractivity contribution in [2.24, 2.45) is 5.41 Å². The van der Waals surface area contributed by atoms with Crippen LogP contribution in [0.2, 0.25) is 0 Å². The van der Waals surface area contributed by atoms with Crippen LogP contribution in [0.1, 0.15) is 44.4 Å². The minimum Gasteiger partial charge on any atom is -0.340 e. The van der Waals surface area contributed by atoms with Gasteiger partial charge in [-0.05, 0) is 58.2 Å². The number of likely N-dealkylation sites (tertiary alicyclic amines) is 2. The molecule has 1 amide bonds. The van der Waals surface area contributed by atoms with E-state index < -0.39 is 0 Å². The van der Waals surface area contributed by atoms with Gasteiger partial charge >= 0.3 is 0 Å². The number of fused-ring (bicyclic) bond motifs is 1. The second kappa shape index (κ2) is 6.75. The lowest BCUT2D eigenvalue weighted by Gasteiger charge is -2.41. The van der Waals surface area contributed by atoms with Crippen LogP contribution in [0.15, 0.2) is 29.2 Å². The summed E-state index contributed by atoms with van der Waals surface area (Å²) in [5.41, 5.74) is 2.20. The van der Waals surface area contributed by atoms with Crippen molar-refractivity contribution >= 4 is 11.6 Å². The lowest BCUT2D eigenvalue weighted by molar-refractivity contribution is -0.147. The average molecular weight is 368 g/mol. The lowest BCUT2D eigenvalue weighted by Crippen LogP contribution is -2.52. The van der Waals surface area contributed by atoms with Gasteiger partial charge in [0.05, 0.1) is 11.1 Å². The number of rotatable bonds is 3. The number of aryl methyl sites for hydroxylation is 1. The molecule has 0 aromatic carbocycles. The molecule has 6 heteroatoms. The number of hydrogen-bond acceptors (Lipinski definition) is 4. The first-order valence-corrected chi connectivity index (χ1v) is 9.90. The summed E-state index contributed by atoms with van der Waals surface area (Å²) in [5.74, 6) is 0.313. The molecule has 0 N–H and O–H groups in total. The first kappa shape index (κ1) is 18.2. The minimum atomic E-state index is -0.245. The van der Waals surface area contributed by atoms with E-state index in [1.807, 2.05) is 30.2 Å². The molecule has 2 saturated heterocycles. The fraction of sp³-hybridized carbons (Fsp3) is 0.571. The number of pyridine rings is 1. The number of hydrogen-bond donors (Lipinski definition) is 0. The molecule has 0 bridgehead atoms. The topological polar surface area (TPSA) is 57.9 Å². The zero-order valence-electron chi connectivity index (χ0n) is 16.4. The van der Waals surface area contributed by atoms with E-state index in [1.165, 1.54) is 0 Å². The quantitative estimate of drug-likeness (QED) is 0.834. The van der Waals surface area contributed by atoms with Gasteiger partial charge in [0, 0.05) is 37.9 Å². The Morgan fingerprint density at radius 2 is 2.00 bits per heavy atom. The van der Waals surface area contributed by atoms with Crippen molar-refractivity contribution in [2.75, 3.05) is 19.6 Å². The summed E-state index contributed by atoms with van der Waals surface area (Å²) < 4.78 is 1.59. The van der Waals surface area contributed by atoms with Crippen LogP contribution in [0.4, 0.5) is 0 Å². The predicted octanol–water partition coefficient (Wildman–Crippen LogP) is 2.23. The summed E-state index contributed by atoms with van der Waals surface area (Å²) in [5, 5.41) is 0. The van der Waals surface area contributed by atoms with Crippen molar-refractivity contribution in [1.29, 1.82) is 0 Å². The molecule has 27 heavy (non-hydrogen) atoms. The highest BCUT2D eigenvalue weighted by Gasteiger charge is 2.48. The van der Waals surface area contributed by atoms with E-state index in [2.05, 4.69) is 23.7 Å². The van der Waals surface area contributed by atoms with Crippen LogP contribution in [-0.2, 0) is 11.3 Å². The van der Waals surface area contributed by atoms with E-state index in [0.29, 0.717) is 18.1 Å². The molecule has 2 aromatic rings. The summed E-state index contributed by atoms with van der Waals surface area (Å²) in [7, 11) is 0. The number of nitrogens with zero attached hydrogens (tertiary/aromatic N) is 4. The van der Waals surface area contributed by atoms with Crippen molar-refractivity contribution in [3.8, 4) is 0 Å². The van der Waals surface area contributed by atoms with Crippen molar-refractivity contribution in [2.45, 2.75) is 52.6 Å². The van der Waals surface area contributed by atoms with Gasteiger partial charge in [-0.1, -0.05) is 6.07 Å². The Balaban J connectivity index is 1.53. The maximum Gasteiger partial charge on any atom is 0.258 e. The summed E-state index contributed by atoms with van der Waals surface area (Å²) in [6.45, 7) is 9.30. The third-order valence-electron chi connectivity index (χ3n) is 6.07. The first-order valence-electron chi connectivity index (χ1n) is 9.90. The molecule has 2 aromatic heterocycles. The third-order valence-corrected chi connectivity index (χ3v) is 6.07. The Morgan fingerprint density at radius 3 is 2.78 bits per heavy atom. The number of aromatic nitrogens is 2. The molecule has 6 nitrogen and oxygen atoms in total. The molecular formula is C21H28N4O2. The number of carbonyl (C=O) groups excluding carboxylic acids is 1. The van der Waals surface area contributed by atoms with E-state index in [4.69, 9.17) is 0 Å². The fourth-order valence-electron chi connectivity index (χ4n) is 4.63. The first-order chi connectivity index (χ1) is 12.9. The molecule has 0 aliphatic carbocycles. The van der Waals surface area contributed by atoms with Crippen LogP contribution in [0.5, 0.6) is 0 Å². The molecule has 0 radical (unpaired) electrons.